The topological polar surface area (TPSA) is 95.0 Å². The molecular formula is C18H22N2O5S. The van der Waals surface area contributed by atoms with Crippen LogP contribution in [0.4, 0.5) is 5.69 Å². The van der Waals surface area contributed by atoms with E-state index in [0.717, 1.165) is 12.8 Å². The summed E-state index contributed by atoms with van der Waals surface area (Å²) >= 11 is 0. The number of hydrogen-bond donors (Lipinski definition) is 1. The van der Waals surface area contributed by atoms with Gasteiger partial charge in [0, 0.05) is 25.2 Å². The van der Waals surface area contributed by atoms with Gasteiger partial charge in [0.25, 0.3) is 5.91 Å². The van der Waals surface area contributed by atoms with Crippen LogP contribution in [0, 0.1) is 11.3 Å². The summed E-state index contributed by atoms with van der Waals surface area (Å²) in [6.45, 7) is 1.11. The molecule has 8 heteroatoms. The number of anilines is 1. The molecule has 3 aliphatic rings. The Morgan fingerprint density at radius 1 is 1.23 bits per heavy atom. The molecule has 1 amide bonds. The number of carboxylic acid groups (broad SMARTS) is 1. The van der Waals surface area contributed by atoms with E-state index in [1.165, 1.54) is 4.31 Å². The van der Waals surface area contributed by atoms with Crippen LogP contribution < -0.4 is 4.31 Å². The molecule has 0 bridgehead atoms. The third kappa shape index (κ3) is 2.58. The van der Waals surface area contributed by atoms with E-state index in [9.17, 15) is 23.1 Å². The third-order valence-electron chi connectivity index (χ3n) is 6.06. The Labute approximate surface area is 152 Å². The quantitative estimate of drug-likeness (QED) is 0.861. The normalized spacial score (nSPS) is 29.8. The maximum absolute atomic E-state index is 12.9. The van der Waals surface area contributed by atoms with Crippen molar-refractivity contribution in [2.75, 3.05) is 29.7 Å². The van der Waals surface area contributed by atoms with Gasteiger partial charge < -0.3 is 10.0 Å². The standard InChI is InChI=1S/C18H22N2O5S/c21-16(19-11-14-5-2-7-18(14,12-19)17(22)23)13-4-1-6-15(10-13)20-8-3-9-26(20,24)25/h1,4,6,10,14H,2-3,5,7-9,11-12H2,(H,22,23)/t14-,18+/m0/s1. The van der Waals surface area contributed by atoms with Crippen LogP contribution in [0.2, 0.25) is 0 Å². The largest absolute Gasteiger partial charge is 0.481 e. The predicted octanol–water partition coefficient (Wildman–Crippen LogP) is 1.55. The lowest BCUT2D eigenvalue weighted by atomic mass is 9.81. The van der Waals surface area contributed by atoms with E-state index in [1.54, 1.807) is 29.2 Å². The average molecular weight is 378 g/mol. The fourth-order valence-electron chi connectivity index (χ4n) is 4.70. The fourth-order valence-corrected chi connectivity index (χ4v) is 6.26. The number of carbonyl (C=O) groups excluding carboxylic acids is 1. The Bertz CT molecular complexity index is 868. The maximum atomic E-state index is 12.9. The van der Waals surface area contributed by atoms with Gasteiger partial charge in [0.05, 0.1) is 16.9 Å². The molecule has 0 spiro atoms. The Kier molecular flexibility index (Phi) is 3.98. The monoisotopic (exact) mass is 378 g/mol. The molecule has 2 heterocycles. The number of rotatable bonds is 3. The zero-order valence-corrected chi connectivity index (χ0v) is 15.2. The van der Waals surface area contributed by atoms with Crippen molar-refractivity contribution in [2.45, 2.75) is 25.7 Å². The van der Waals surface area contributed by atoms with Gasteiger partial charge in [0.1, 0.15) is 0 Å². The third-order valence-corrected chi connectivity index (χ3v) is 7.93. The first-order valence-electron chi connectivity index (χ1n) is 8.97. The highest BCUT2D eigenvalue weighted by molar-refractivity contribution is 7.93. The van der Waals surface area contributed by atoms with Crippen LogP contribution >= 0.6 is 0 Å². The van der Waals surface area contributed by atoms with Crippen molar-refractivity contribution in [3.05, 3.63) is 29.8 Å². The van der Waals surface area contributed by atoms with Crippen molar-refractivity contribution in [3.63, 3.8) is 0 Å². The second-order valence-electron chi connectivity index (χ2n) is 7.53. The number of aliphatic carboxylic acids is 1. The van der Waals surface area contributed by atoms with Gasteiger partial charge in [-0.15, -0.1) is 0 Å². The molecule has 1 aromatic rings. The number of likely N-dealkylation sites (tertiary alicyclic amines) is 1. The van der Waals surface area contributed by atoms with Gasteiger partial charge in [-0.1, -0.05) is 12.5 Å². The summed E-state index contributed by atoms with van der Waals surface area (Å²) in [6, 6.07) is 6.64. The summed E-state index contributed by atoms with van der Waals surface area (Å²) in [4.78, 5) is 26.4. The Morgan fingerprint density at radius 2 is 2.04 bits per heavy atom. The minimum atomic E-state index is -3.30. The molecule has 1 N–H and O–H groups in total. The Morgan fingerprint density at radius 3 is 2.69 bits per heavy atom. The van der Waals surface area contributed by atoms with Crippen molar-refractivity contribution in [2.24, 2.45) is 11.3 Å². The first-order chi connectivity index (χ1) is 12.3. The van der Waals surface area contributed by atoms with Crippen molar-refractivity contribution >= 4 is 27.6 Å². The number of nitrogens with zero attached hydrogens (tertiary/aromatic N) is 2. The molecular weight excluding hydrogens is 356 g/mol. The summed E-state index contributed by atoms with van der Waals surface area (Å²) in [6.07, 6.45) is 2.92. The highest BCUT2D eigenvalue weighted by Crippen LogP contribution is 2.49. The average Bonchev–Trinajstić information content (AvgIpc) is 3.26. The summed E-state index contributed by atoms with van der Waals surface area (Å²) < 4.78 is 25.6. The molecule has 7 nitrogen and oxygen atoms in total. The van der Waals surface area contributed by atoms with Crippen LogP contribution in [0.5, 0.6) is 0 Å². The molecule has 1 aliphatic carbocycles. The van der Waals surface area contributed by atoms with E-state index in [0.29, 0.717) is 37.2 Å². The van der Waals surface area contributed by atoms with Crippen LogP contribution in [0.3, 0.4) is 0 Å². The highest BCUT2D eigenvalue weighted by atomic mass is 32.2. The van der Waals surface area contributed by atoms with Crippen molar-refractivity contribution < 1.29 is 23.1 Å². The molecule has 26 heavy (non-hydrogen) atoms. The van der Waals surface area contributed by atoms with Crippen LogP contribution in [-0.4, -0.2) is 55.7 Å². The number of carbonyl (C=O) groups is 2. The zero-order chi connectivity index (χ0) is 18.5. The lowest BCUT2D eigenvalue weighted by Crippen LogP contribution is -2.37. The SMILES string of the molecule is O=C(c1cccc(N2CCCS2(=O)=O)c1)N1C[C@@H]2CCC[C@@]2(C(=O)O)C1. The second kappa shape index (κ2) is 5.97. The van der Waals surface area contributed by atoms with Gasteiger partial charge in [-0.3, -0.25) is 13.9 Å². The van der Waals surface area contributed by atoms with E-state index >= 15 is 0 Å². The highest BCUT2D eigenvalue weighted by Gasteiger charge is 2.55. The van der Waals surface area contributed by atoms with E-state index in [4.69, 9.17) is 0 Å². The first kappa shape index (κ1) is 17.3. The molecule has 0 aromatic heterocycles. The lowest BCUT2D eigenvalue weighted by molar-refractivity contribution is -0.149. The smallest absolute Gasteiger partial charge is 0.311 e. The molecule has 140 valence electrons. The zero-order valence-electron chi connectivity index (χ0n) is 14.4. The molecule has 1 saturated carbocycles. The number of hydrogen-bond acceptors (Lipinski definition) is 4. The van der Waals surface area contributed by atoms with Gasteiger partial charge >= 0.3 is 5.97 Å². The predicted molar refractivity (Wildman–Crippen MR) is 95.5 cm³/mol. The van der Waals surface area contributed by atoms with Crippen LogP contribution in [0.1, 0.15) is 36.0 Å². The van der Waals surface area contributed by atoms with Crippen LogP contribution in [0.25, 0.3) is 0 Å². The Balaban J connectivity index is 1.58. The molecule has 3 fully saturated rings. The molecule has 2 aliphatic heterocycles. The Hall–Kier alpha value is -2.09. The number of benzene rings is 1. The van der Waals surface area contributed by atoms with Crippen LogP contribution in [-0.2, 0) is 14.8 Å². The van der Waals surface area contributed by atoms with Crippen LogP contribution in [0.15, 0.2) is 24.3 Å². The minimum Gasteiger partial charge on any atom is -0.481 e. The number of fused-ring (bicyclic) bond motifs is 1. The summed E-state index contributed by atoms with van der Waals surface area (Å²) in [5, 5.41) is 9.68. The van der Waals surface area contributed by atoms with E-state index in [-0.39, 0.29) is 24.1 Å². The van der Waals surface area contributed by atoms with Gasteiger partial charge in [0.2, 0.25) is 10.0 Å². The summed E-state index contributed by atoms with van der Waals surface area (Å²) in [7, 11) is -3.30. The van der Waals surface area contributed by atoms with Crippen molar-refractivity contribution in [1.29, 1.82) is 0 Å². The second-order valence-corrected chi connectivity index (χ2v) is 9.54. The molecule has 0 unspecified atom stereocenters. The molecule has 2 saturated heterocycles. The van der Waals surface area contributed by atoms with Crippen molar-refractivity contribution in [3.8, 4) is 0 Å². The van der Waals surface area contributed by atoms with E-state index in [2.05, 4.69) is 0 Å². The van der Waals surface area contributed by atoms with E-state index in [1.807, 2.05) is 0 Å². The summed E-state index contributed by atoms with van der Waals surface area (Å²) in [5.41, 5.74) is 0.0942. The lowest BCUT2D eigenvalue weighted by Gasteiger charge is -2.23. The minimum absolute atomic E-state index is 0.00564. The number of carboxylic acids is 1. The molecule has 4 rings (SSSR count). The van der Waals surface area contributed by atoms with Gasteiger partial charge in [-0.25, -0.2) is 8.42 Å². The molecule has 1 aromatic carbocycles. The van der Waals surface area contributed by atoms with Gasteiger partial charge in [0.15, 0.2) is 0 Å². The number of sulfonamides is 1. The van der Waals surface area contributed by atoms with Gasteiger partial charge in [-0.2, -0.15) is 0 Å². The first-order valence-corrected chi connectivity index (χ1v) is 10.6. The van der Waals surface area contributed by atoms with Gasteiger partial charge in [-0.05, 0) is 43.4 Å². The molecule has 0 radical (unpaired) electrons. The summed E-state index contributed by atoms with van der Waals surface area (Å²) in [5.74, 6) is -0.906. The number of amides is 1. The van der Waals surface area contributed by atoms with Crippen molar-refractivity contribution in [1.82, 2.24) is 4.90 Å². The molecule has 2 atom stereocenters. The fraction of sp³-hybridized carbons (Fsp3) is 0.556. The maximum Gasteiger partial charge on any atom is 0.311 e. The van der Waals surface area contributed by atoms with E-state index < -0.39 is 21.4 Å².